The molecule has 19 heavy (non-hydrogen) atoms. The van der Waals surface area contributed by atoms with Crippen molar-refractivity contribution in [3.63, 3.8) is 0 Å². The first-order valence-electron chi connectivity index (χ1n) is 5.61. The predicted molar refractivity (Wildman–Crippen MR) is 77.1 cm³/mol. The monoisotopic (exact) mass is 347 g/mol. The number of thiophene rings is 1. The standard InChI is InChI=1S/C13H12BrF2NOS/c1-8(11-6-7-12(14)19-11)17-9-2-4-10(5-3-9)18-13(15)16/h2-8,13,17H,1H3. The van der Waals surface area contributed by atoms with Gasteiger partial charge in [0.2, 0.25) is 0 Å². The Morgan fingerprint density at radius 1 is 1.16 bits per heavy atom. The Balaban J connectivity index is 1.99. The summed E-state index contributed by atoms with van der Waals surface area (Å²) in [5.74, 6) is 0.159. The van der Waals surface area contributed by atoms with Gasteiger partial charge in [-0.3, -0.25) is 0 Å². The number of anilines is 1. The summed E-state index contributed by atoms with van der Waals surface area (Å²) >= 11 is 5.08. The Hall–Kier alpha value is -1.14. The highest BCUT2D eigenvalue weighted by molar-refractivity contribution is 9.11. The topological polar surface area (TPSA) is 21.3 Å². The number of halogens is 3. The number of hydrogen-bond donors (Lipinski definition) is 1. The van der Waals surface area contributed by atoms with E-state index in [2.05, 4.69) is 26.0 Å². The highest BCUT2D eigenvalue weighted by Crippen LogP contribution is 2.29. The molecule has 0 spiro atoms. The molecule has 1 heterocycles. The van der Waals surface area contributed by atoms with Crippen LogP contribution in [0.25, 0.3) is 0 Å². The summed E-state index contributed by atoms with van der Waals surface area (Å²) in [4.78, 5) is 1.19. The van der Waals surface area contributed by atoms with Crippen LogP contribution in [0.4, 0.5) is 14.5 Å². The van der Waals surface area contributed by atoms with Crippen LogP contribution in [0.2, 0.25) is 0 Å². The SMILES string of the molecule is CC(Nc1ccc(OC(F)F)cc1)c1ccc(Br)s1. The van der Waals surface area contributed by atoms with Gasteiger partial charge in [-0.15, -0.1) is 11.3 Å². The van der Waals surface area contributed by atoms with Gasteiger partial charge in [0.05, 0.1) is 9.83 Å². The lowest BCUT2D eigenvalue weighted by Gasteiger charge is -2.14. The summed E-state index contributed by atoms with van der Waals surface area (Å²) in [7, 11) is 0. The zero-order valence-corrected chi connectivity index (χ0v) is 12.5. The molecule has 0 saturated carbocycles. The van der Waals surface area contributed by atoms with Crippen molar-refractivity contribution in [2.45, 2.75) is 19.6 Å². The van der Waals surface area contributed by atoms with Gasteiger partial charge in [0.1, 0.15) is 5.75 Å². The van der Waals surface area contributed by atoms with Crippen molar-refractivity contribution in [2.24, 2.45) is 0 Å². The number of nitrogens with one attached hydrogen (secondary N) is 1. The third kappa shape index (κ3) is 4.18. The lowest BCUT2D eigenvalue weighted by Crippen LogP contribution is -2.05. The molecule has 1 atom stereocenters. The minimum absolute atomic E-state index is 0.151. The molecule has 0 aliphatic heterocycles. The molecule has 0 bridgehead atoms. The van der Waals surface area contributed by atoms with Crippen LogP contribution in [0.5, 0.6) is 5.75 Å². The smallest absolute Gasteiger partial charge is 0.387 e. The molecule has 1 aromatic heterocycles. The first-order valence-corrected chi connectivity index (χ1v) is 7.22. The van der Waals surface area contributed by atoms with Crippen molar-refractivity contribution in [1.29, 1.82) is 0 Å². The van der Waals surface area contributed by atoms with Crippen LogP contribution in [-0.4, -0.2) is 6.61 Å². The Bertz CT molecular complexity index is 530. The van der Waals surface area contributed by atoms with E-state index in [1.165, 1.54) is 17.0 Å². The van der Waals surface area contributed by atoms with E-state index in [-0.39, 0.29) is 11.8 Å². The van der Waals surface area contributed by atoms with E-state index in [4.69, 9.17) is 0 Å². The Morgan fingerprint density at radius 2 is 1.84 bits per heavy atom. The first kappa shape index (κ1) is 14.3. The fourth-order valence-corrected chi connectivity index (χ4v) is 3.04. The van der Waals surface area contributed by atoms with Gasteiger partial charge in [-0.2, -0.15) is 8.78 Å². The van der Waals surface area contributed by atoms with Crippen molar-refractivity contribution in [1.82, 2.24) is 0 Å². The molecule has 0 fully saturated rings. The van der Waals surface area contributed by atoms with E-state index in [1.54, 1.807) is 23.5 Å². The van der Waals surface area contributed by atoms with Crippen LogP contribution >= 0.6 is 27.3 Å². The highest BCUT2D eigenvalue weighted by atomic mass is 79.9. The van der Waals surface area contributed by atoms with E-state index >= 15 is 0 Å². The lowest BCUT2D eigenvalue weighted by atomic mass is 10.2. The molecule has 0 aliphatic rings. The molecule has 2 nitrogen and oxygen atoms in total. The molecule has 2 rings (SSSR count). The van der Waals surface area contributed by atoms with Crippen molar-refractivity contribution in [2.75, 3.05) is 5.32 Å². The highest BCUT2D eigenvalue weighted by Gasteiger charge is 2.08. The summed E-state index contributed by atoms with van der Waals surface area (Å²) < 4.78 is 29.4. The van der Waals surface area contributed by atoms with E-state index < -0.39 is 6.61 Å². The summed E-state index contributed by atoms with van der Waals surface area (Å²) in [5, 5.41) is 3.30. The van der Waals surface area contributed by atoms with Crippen LogP contribution in [0.1, 0.15) is 17.8 Å². The van der Waals surface area contributed by atoms with Crippen LogP contribution in [0.15, 0.2) is 40.2 Å². The summed E-state index contributed by atoms with van der Waals surface area (Å²) in [6, 6.07) is 10.7. The molecule has 0 amide bonds. The van der Waals surface area contributed by atoms with Gasteiger partial charge in [0.25, 0.3) is 0 Å². The zero-order chi connectivity index (χ0) is 13.8. The van der Waals surface area contributed by atoms with Crippen molar-refractivity contribution >= 4 is 33.0 Å². The predicted octanol–water partition coefficient (Wildman–Crippen LogP) is 5.29. The van der Waals surface area contributed by atoms with Gasteiger partial charge >= 0.3 is 6.61 Å². The molecule has 0 aliphatic carbocycles. The molecule has 1 aromatic carbocycles. The number of hydrogen-bond acceptors (Lipinski definition) is 3. The van der Waals surface area contributed by atoms with E-state index in [9.17, 15) is 8.78 Å². The quantitative estimate of drug-likeness (QED) is 0.793. The number of alkyl halides is 2. The summed E-state index contributed by atoms with van der Waals surface area (Å²) in [5.41, 5.74) is 0.860. The molecule has 102 valence electrons. The average Bonchev–Trinajstić information content (AvgIpc) is 2.78. The summed E-state index contributed by atoms with van der Waals surface area (Å²) in [6.07, 6.45) is 0. The van der Waals surface area contributed by atoms with Gasteiger partial charge in [-0.1, -0.05) is 0 Å². The normalized spacial score (nSPS) is 12.5. The second kappa shape index (κ2) is 6.34. The number of benzene rings is 1. The Labute approximate surface area is 122 Å². The molecule has 1 N–H and O–H groups in total. The second-order valence-electron chi connectivity index (χ2n) is 3.91. The molecule has 0 radical (unpaired) electrons. The van der Waals surface area contributed by atoms with Crippen LogP contribution in [0.3, 0.4) is 0 Å². The average molecular weight is 348 g/mol. The largest absolute Gasteiger partial charge is 0.435 e. The molecule has 6 heteroatoms. The first-order chi connectivity index (χ1) is 9.04. The molecule has 1 unspecified atom stereocenters. The number of ether oxygens (including phenoxy) is 1. The maximum atomic E-state index is 12.0. The summed E-state index contributed by atoms with van der Waals surface area (Å²) in [6.45, 7) is -0.747. The third-order valence-electron chi connectivity index (χ3n) is 2.48. The Morgan fingerprint density at radius 3 is 2.37 bits per heavy atom. The van der Waals surface area contributed by atoms with E-state index in [1.807, 2.05) is 19.1 Å². The van der Waals surface area contributed by atoms with Gasteiger partial charge in [-0.25, -0.2) is 0 Å². The molecular formula is C13H12BrF2NOS. The van der Waals surface area contributed by atoms with Crippen LogP contribution in [-0.2, 0) is 0 Å². The van der Waals surface area contributed by atoms with Crippen molar-refractivity contribution in [3.8, 4) is 5.75 Å². The fraction of sp³-hybridized carbons (Fsp3) is 0.231. The molecular weight excluding hydrogens is 336 g/mol. The second-order valence-corrected chi connectivity index (χ2v) is 6.41. The zero-order valence-electron chi connectivity index (χ0n) is 10.1. The number of rotatable bonds is 5. The minimum Gasteiger partial charge on any atom is -0.435 e. The third-order valence-corrected chi connectivity index (χ3v) is 4.29. The molecule has 2 aromatic rings. The van der Waals surface area contributed by atoms with Gasteiger partial charge in [-0.05, 0) is 59.3 Å². The maximum absolute atomic E-state index is 12.0. The van der Waals surface area contributed by atoms with Gasteiger partial charge < -0.3 is 10.1 Å². The van der Waals surface area contributed by atoms with Crippen molar-refractivity contribution in [3.05, 3.63) is 45.1 Å². The fourth-order valence-electron chi connectivity index (χ4n) is 1.61. The van der Waals surface area contributed by atoms with Gasteiger partial charge in [0.15, 0.2) is 0 Å². The Kier molecular flexibility index (Phi) is 4.76. The minimum atomic E-state index is -2.79. The van der Waals surface area contributed by atoms with Crippen molar-refractivity contribution < 1.29 is 13.5 Å². The van der Waals surface area contributed by atoms with Gasteiger partial charge in [0, 0.05) is 10.6 Å². The lowest BCUT2D eigenvalue weighted by molar-refractivity contribution is -0.0498. The van der Waals surface area contributed by atoms with E-state index in [0.29, 0.717) is 0 Å². The van der Waals surface area contributed by atoms with Crippen LogP contribution < -0.4 is 10.1 Å². The van der Waals surface area contributed by atoms with Crippen LogP contribution in [0, 0.1) is 0 Å². The maximum Gasteiger partial charge on any atom is 0.387 e. The van der Waals surface area contributed by atoms with E-state index in [0.717, 1.165) is 9.47 Å². The molecule has 0 saturated heterocycles.